The fourth-order valence-electron chi connectivity index (χ4n) is 3.66. The highest BCUT2D eigenvalue weighted by atomic mass is 32.2. The number of amides is 1. The van der Waals surface area contributed by atoms with Gasteiger partial charge in [-0.2, -0.15) is 0 Å². The highest BCUT2D eigenvalue weighted by molar-refractivity contribution is 7.88. The molecule has 1 aromatic carbocycles. The number of nitrogen functional groups attached to an aromatic ring is 1. The molecule has 3 heterocycles. The highest BCUT2D eigenvalue weighted by Gasteiger charge is 2.29. The van der Waals surface area contributed by atoms with Gasteiger partial charge in [0, 0.05) is 35.5 Å². The summed E-state index contributed by atoms with van der Waals surface area (Å²) in [5.74, 6) is 0.00822. The largest absolute Gasteiger partial charge is 0.396 e. The first-order valence-electron chi connectivity index (χ1n) is 10.3. The molecule has 5 rings (SSSR count). The van der Waals surface area contributed by atoms with E-state index in [1.54, 1.807) is 12.4 Å². The number of nitrogens with zero attached hydrogens (tertiary/aromatic N) is 3. The molecule has 162 valence electrons. The third kappa shape index (κ3) is 3.78. The van der Waals surface area contributed by atoms with Crippen LogP contribution in [0.4, 0.5) is 11.6 Å². The zero-order valence-corrected chi connectivity index (χ0v) is 19.0. The van der Waals surface area contributed by atoms with Crippen LogP contribution < -0.4 is 11.1 Å². The summed E-state index contributed by atoms with van der Waals surface area (Å²) in [7, 11) is -1.12. The molecule has 32 heavy (non-hydrogen) atoms. The molecule has 0 radical (unpaired) electrons. The molecule has 1 fully saturated rings. The van der Waals surface area contributed by atoms with E-state index in [0.29, 0.717) is 21.2 Å². The number of carbonyl (C=O) groups is 1. The van der Waals surface area contributed by atoms with E-state index in [0.717, 1.165) is 40.6 Å². The lowest BCUT2D eigenvalue weighted by atomic mass is 10.00. The maximum absolute atomic E-state index is 13.1. The lowest BCUT2D eigenvalue weighted by Gasteiger charge is -2.23. The second-order valence-corrected chi connectivity index (χ2v) is 10.7. The fourth-order valence-corrected chi connectivity index (χ4v) is 6.87. The van der Waals surface area contributed by atoms with E-state index < -0.39 is 10.8 Å². The van der Waals surface area contributed by atoms with Crippen molar-refractivity contribution in [1.82, 2.24) is 15.0 Å². The number of nitrogens with one attached hydrogen (secondary N) is 1. The van der Waals surface area contributed by atoms with Crippen LogP contribution in [0.5, 0.6) is 0 Å². The summed E-state index contributed by atoms with van der Waals surface area (Å²) in [4.78, 5) is 25.2. The number of pyridine rings is 1. The molecule has 3 N–H and O–H groups in total. The molecule has 0 spiro atoms. The van der Waals surface area contributed by atoms with Crippen LogP contribution in [0, 0.1) is 0 Å². The molecular formula is C23H21N5O2S2. The van der Waals surface area contributed by atoms with Crippen molar-refractivity contribution in [3.63, 3.8) is 0 Å². The predicted octanol–water partition coefficient (Wildman–Crippen LogP) is 4.62. The SMILES string of the molecule is CC(=O)Nc1ncc(-c2cc(-c3ccccc3)c3c(N)c(S(=O)C4CCC4)sc3n2)cn1. The molecule has 3 aromatic heterocycles. The standard InChI is InChI=1S/C23H21N5O2S2/c1-13(29)27-23-25-11-15(12-26-23)18-10-17(14-6-3-2-4-7-14)19-20(24)22(31-21(19)28-18)32(30)16-8-5-9-16/h2-4,6-7,10-12,16H,5,8-9,24H2,1H3,(H,25,26,27,29). The summed E-state index contributed by atoms with van der Waals surface area (Å²) >= 11 is 1.40. The molecule has 1 aliphatic rings. The second-order valence-electron chi connectivity index (χ2n) is 7.73. The van der Waals surface area contributed by atoms with Gasteiger partial charge >= 0.3 is 0 Å². The molecule has 1 amide bonds. The van der Waals surface area contributed by atoms with Crippen molar-refractivity contribution in [3.8, 4) is 22.4 Å². The number of benzene rings is 1. The number of carbonyl (C=O) groups excluding carboxylic acids is 1. The van der Waals surface area contributed by atoms with Gasteiger partial charge in [0.05, 0.1) is 22.2 Å². The number of hydrogen-bond donors (Lipinski definition) is 2. The van der Waals surface area contributed by atoms with Gasteiger partial charge in [-0.1, -0.05) is 36.8 Å². The van der Waals surface area contributed by atoms with Crippen molar-refractivity contribution >= 4 is 49.9 Å². The first kappa shape index (κ1) is 20.7. The van der Waals surface area contributed by atoms with Crippen LogP contribution in [0.15, 0.2) is 53.0 Å². The van der Waals surface area contributed by atoms with Gasteiger partial charge in [0.25, 0.3) is 0 Å². The van der Waals surface area contributed by atoms with Crippen LogP contribution in [0.2, 0.25) is 0 Å². The highest BCUT2D eigenvalue weighted by Crippen LogP contribution is 2.44. The van der Waals surface area contributed by atoms with Gasteiger partial charge in [0.2, 0.25) is 11.9 Å². The maximum atomic E-state index is 13.1. The summed E-state index contributed by atoms with van der Waals surface area (Å²) in [6, 6.07) is 11.9. The van der Waals surface area contributed by atoms with E-state index in [1.165, 1.54) is 18.3 Å². The molecule has 0 saturated heterocycles. The smallest absolute Gasteiger partial charge is 0.229 e. The van der Waals surface area contributed by atoms with Gasteiger partial charge < -0.3 is 5.73 Å². The van der Waals surface area contributed by atoms with E-state index in [2.05, 4.69) is 15.3 Å². The Morgan fingerprint density at radius 1 is 1.16 bits per heavy atom. The van der Waals surface area contributed by atoms with E-state index in [-0.39, 0.29) is 17.1 Å². The van der Waals surface area contributed by atoms with Crippen LogP contribution in [-0.4, -0.2) is 30.3 Å². The monoisotopic (exact) mass is 463 g/mol. The molecule has 1 atom stereocenters. The summed E-state index contributed by atoms with van der Waals surface area (Å²) < 4.78 is 13.8. The molecule has 1 unspecified atom stereocenters. The Labute approximate surface area is 191 Å². The molecule has 1 saturated carbocycles. The van der Waals surface area contributed by atoms with Crippen LogP contribution >= 0.6 is 11.3 Å². The number of thiophene rings is 1. The maximum Gasteiger partial charge on any atom is 0.229 e. The van der Waals surface area contributed by atoms with E-state index in [9.17, 15) is 9.00 Å². The normalized spacial score (nSPS) is 14.8. The molecule has 0 aliphatic heterocycles. The van der Waals surface area contributed by atoms with Crippen molar-refractivity contribution in [1.29, 1.82) is 0 Å². The minimum Gasteiger partial charge on any atom is -0.396 e. The zero-order valence-electron chi connectivity index (χ0n) is 17.4. The van der Waals surface area contributed by atoms with Gasteiger partial charge in [0.1, 0.15) is 9.04 Å². The Bertz CT molecular complexity index is 1330. The summed E-state index contributed by atoms with van der Waals surface area (Å²) in [6.45, 7) is 1.41. The van der Waals surface area contributed by atoms with E-state index in [1.807, 2.05) is 36.4 Å². The fraction of sp³-hybridized carbons (Fsp3) is 0.217. The van der Waals surface area contributed by atoms with E-state index in [4.69, 9.17) is 10.7 Å². The van der Waals surface area contributed by atoms with Crippen molar-refractivity contribution in [2.45, 2.75) is 35.6 Å². The lowest BCUT2D eigenvalue weighted by Crippen LogP contribution is -2.23. The number of anilines is 2. The second kappa shape index (κ2) is 8.40. The third-order valence-corrected chi connectivity index (χ3v) is 8.82. The Balaban J connectivity index is 1.66. The first-order valence-corrected chi connectivity index (χ1v) is 12.3. The zero-order chi connectivity index (χ0) is 22.2. The number of nitrogens with two attached hydrogens (primary N) is 1. The predicted molar refractivity (Wildman–Crippen MR) is 129 cm³/mol. The minimum absolute atomic E-state index is 0.180. The molecule has 1 aliphatic carbocycles. The summed E-state index contributed by atoms with van der Waals surface area (Å²) in [5.41, 5.74) is 10.5. The van der Waals surface area contributed by atoms with Gasteiger partial charge in [0.15, 0.2) is 0 Å². The molecule has 9 heteroatoms. The minimum atomic E-state index is -1.12. The van der Waals surface area contributed by atoms with E-state index >= 15 is 0 Å². The Morgan fingerprint density at radius 3 is 2.50 bits per heavy atom. The quantitative estimate of drug-likeness (QED) is 0.447. The van der Waals surface area contributed by atoms with Crippen LogP contribution in [0.25, 0.3) is 32.6 Å². The average molecular weight is 464 g/mol. The summed E-state index contributed by atoms with van der Waals surface area (Å²) in [5, 5.41) is 3.58. The van der Waals surface area contributed by atoms with Crippen molar-refractivity contribution in [3.05, 3.63) is 48.8 Å². The number of hydrogen-bond acceptors (Lipinski definition) is 7. The average Bonchev–Trinajstić information content (AvgIpc) is 3.09. The van der Waals surface area contributed by atoms with Crippen molar-refractivity contribution in [2.75, 3.05) is 11.1 Å². The molecule has 0 bridgehead atoms. The summed E-state index contributed by atoms with van der Waals surface area (Å²) in [6.07, 6.45) is 6.33. The van der Waals surface area contributed by atoms with Crippen LogP contribution in [-0.2, 0) is 15.6 Å². The molecule has 4 aromatic rings. The molecular weight excluding hydrogens is 442 g/mol. The first-order chi connectivity index (χ1) is 15.5. The number of fused-ring (bicyclic) bond motifs is 1. The van der Waals surface area contributed by atoms with Crippen LogP contribution in [0.1, 0.15) is 26.2 Å². The van der Waals surface area contributed by atoms with Gasteiger partial charge in [-0.25, -0.2) is 15.0 Å². The molecule has 7 nitrogen and oxygen atoms in total. The van der Waals surface area contributed by atoms with Gasteiger partial charge in [-0.05, 0) is 30.0 Å². The topological polar surface area (TPSA) is 111 Å². The Kier molecular flexibility index (Phi) is 5.44. The number of aromatic nitrogens is 3. The lowest BCUT2D eigenvalue weighted by molar-refractivity contribution is -0.114. The van der Waals surface area contributed by atoms with Crippen molar-refractivity contribution < 1.29 is 9.00 Å². The number of rotatable bonds is 5. The Hall–Kier alpha value is -3.17. The van der Waals surface area contributed by atoms with Gasteiger partial charge in [-0.3, -0.25) is 14.3 Å². The third-order valence-electron chi connectivity index (χ3n) is 5.52. The Morgan fingerprint density at radius 2 is 1.88 bits per heavy atom. The van der Waals surface area contributed by atoms with Crippen molar-refractivity contribution in [2.24, 2.45) is 0 Å². The van der Waals surface area contributed by atoms with Gasteiger partial charge in [-0.15, -0.1) is 11.3 Å². The van der Waals surface area contributed by atoms with Crippen LogP contribution in [0.3, 0.4) is 0 Å².